The Labute approximate surface area is 239 Å². The summed E-state index contributed by atoms with van der Waals surface area (Å²) in [6.45, 7) is 9.38. The van der Waals surface area contributed by atoms with E-state index in [1.54, 1.807) is 6.07 Å². The van der Waals surface area contributed by atoms with Crippen molar-refractivity contribution in [3.63, 3.8) is 0 Å². The highest BCUT2D eigenvalue weighted by atomic mass is 32.1. The predicted molar refractivity (Wildman–Crippen MR) is 157 cm³/mol. The SMILES string of the molecule is C=CCOC(=O)c1cc2cc(CP(=[OH+])(N3CCC[C@H]3C(=O)OCCC)N3CCC[C@H]3C(=O)OCCC)ccc2s1. The fraction of sp³-hybridized carbons (Fsp3) is 0.552. The number of esters is 3. The highest BCUT2D eigenvalue weighted by Crippen LogP contribution is 2.61. The van der Waals surface area contributed by atoms with E-state index in [1.165, 1.54) is 17.4 Å². The van der Waals surface area contributed by atoms with Crippen molar-refractivity contribution >= 4 is 46.8 Å². The van der Waals surface area contributed by atoms with Crippen molar-refractivity contribution < 1.29 is 33.2 Å². The number of rotatable bonds is 13. The van der Waals surface area contributed by atoms with Crippen LogP contribution in [0, 0.1) is 0 Å². The molecule has 2 saturated heterocycles. The zero-order chi connectivity index (χ0) is 28.7. The molecular weight excluding hydrogens is 551 g/mol. The molecule has 2 fully saturated rings. The van der Waals surface area contributed by atoms with Crippen LogP contribution >= 0.6 is 18.8 Å². The standard InChI is InChI=1S/C29H39N2O7PS/c1-4-15-36-27(32)23-9-7-13-30(23)39(35,31-14-8-10-24(31)28(33)37-16-5-2)20-21-11-12-25-22(18-21)19-26(40-25)29(34)38-17-6-3/h6,11-12,18-19,23-24H,3-5,7-10,13-17,20H2,1-2H3/p+1/t23-,24-/m0/s1. The Morgan fingerprint density at radius 2 is 1.60 bits per heavy atom. The number of carbonyl (C=O) groups excluding carboxylic acids is 3. The lowest BCUT2D eigenvalue weighted by Crippen LogP contribution is -2.44. The number of hydrogen-bond donors (Lipinski definition) is 0. The van der Waals surface area contributed by atoms with Crippen LogP contribution in [0.15, 0.2) is 36.9 Å². The van der Waals surface area contributed by atoms with Crippen molar-refractivity contribution in [3.05, 3.63) is 47.4 Å². The minimum Gasteiger partial charge on any atom is -0.465 e. The topological polar surface area (TPSA) is 107 Å². The van der Waals surface area contributed by atoms with Crippen LogP contribution in [0.5, 0.6) is 0 Å². The molecule has 4 rings (SSSR count). The molecule has 0 bridgehead atoms. The van der Waals surface area contributed by atoms with Gasteiger partial charge in [0.15, 0.2) is 0 Å². The fourth-order valence-electron chi connectivity index (χ4n) is 5.42. The van der Waals surface area contributed by atoms with E-state index in [2.05, 4.69) is 6.58 Å². The molecule has 0 spiro atoms. The van der Waals surface area contributed by atoms with Gasteiger partial charge in [-0.05, 0) is 67.7 Å². The summed E-state index contributed by atoms with van der Waals surface area (Å²) in [6, 6.07) is 6.54. The van der Waals surface area contributed by atoms with Gasteiger partial charge in [0.1, 0.15) is 29.7 Å². The molecule has 2 aliphatic rings. The average Bonchev–Trinajstić information content (AvgIpc) is 3.72. The van der Waals surface area contributed by atoms with Crippen LogP contribution in [-0.2, 0) is 30.0 Å². The van der Waals surface area contributed by atoms with Gasteiger partial charge < -0.3 is 14.2 Å². The lowest BCUT2D eigenvalue weighted by Gasteiger charge is -2.35. The summed E-state index contributed by atoms with van der Waals surface area (Å²) in [5, 5.41) is 0.875. The van der Waals surface area contributed by atoms with Crippen molar-refractivity contribution in [2.24, 2.45) is 0 Å². The fourth-order valence-corrected chi connectivity index (χ4v) is 9.94. The van der Waals surface area contributed by atoms with Crippen LogP contribution in [-0.4, -0.2) is 76.8 Å². The van der Waals surface area contributed by atoms with Crippen LogP contribution in [0.2, 0.25) is 0 Å². The van der Waals surface area contributed by atoms with Gasteiger partial charge >= 0.3 is 25.4 Å². The summed E-state index contributed by atoms with van der Waals surface area (Å²) in [4.78, 5) is 39.1. The molecule has 0 aliphatic carbocycles. The van der Waals surface area contributed by atoms with E-state index in [1.807, 2.05) is 41.4 Å². The first-order valence-corrected chi connectivity index (χ1v) is 16.8. The van der Waals surface area contributed by atoms with E-state index < -0.39 is 25.5 Å². The lowest BCUT2D eigenvalue weighted by molar-refractivity contribution is -0.147. The van der Waals surface area contributed by atoms with Gasteiger partial charge in [0.2, 0.25) is 0 Å². The Bertz CT molecular complexity index is 1240. The summed E-state index contributed by atoms with van der Waals surface area (Å²) in [5.41, 5.74) is 0.868. The van der Waals surface area contributed by atoms with Gasteiger partial charge in [-0.3, -0.25) is 14.2 Å². The third-order valence-corrected chi connectivity index (χ3v) is 11.7. The molecule has 1 aromatic carbocycles. The summed E-state index contributed by atoms with van der Waals surface area (Å²) in [5.74, 6) is -1.04. The van der Waals surface area contributed by atoms with Crippen molar-refractivity contribution in [2.45, 2.75) is 70.6 Å². The Kier molecular flexibility index (Phi) is 10.6. The maximum absolute atomic E-state index is 13.1. The molecular formula is C29H40N2O7PS+. The molecule has 1 aromatic heterocycles. The molecule has 2 aromatic rings. The summed E-state index contributed by atoms with van der Waals surface area (Å²) < 4.78 is 33.7. The van der Waals surface area contributed by atoms with E-state index in [0.29, 0.717) is 44.0 Å². The Morgan fingerprint density at radius 3 is 2.15 bits per heavy atom. The number of carbonyl (C=O) groups is 3. The monoisotopic (exact) mass is 591 g/mol. The summed E-state index contributed by atoms with van der Waals surface area (Å²) in [6.07, 6.45) is 5.95. The van der Waals surface area contributed by atoms with Gasteiger partial charge in [-0.15, -0.1) is 11.3 Å². The first-order valence-electron chi connectivity index (χ1n) is 14.1. The van der Waals surface area contributed by atoms with E-state index in [9.17, 15) is 18.9 Å². The molecule has 3 heterocycles. The molecule has 0 radical (unpaired) electrons. The number of benzene rings is 1. The second-order valence-electron chi connectivity index (χ2n) is 10.2. The van der Waals surface area contributed by atoms with E-state index in [0.717, 1.165) is 41.3 Å². The minimum absolute atomic E-state index is 0.144. The van der Waals surface area contributed by atoms with E-state index in [4.69, 9.17) is 14.2 Å². The number of hydrogen-bond acceptors (Lipinski definition) is 7. The largest absolute Gasteiger partial charge is 0.465 e. The van der Waals surface area contributed by atoms with Gasteiger partial charge in [0, 0.05) is 17.8 Å². The first-order chi connectivity index (χ1) is 19.3. The zero-order valence-corrected chi connectivity index (χ0v) is 25.1. The Morgan fingerprint density at radius 1 is 1.00 bits per heavy atom. The van der Waals surface area contributed by atoms with Gasteiger partial charge in [-0.25, -0.2) is 4.79 Å². The van der Waals surface area contributed by atoms with E-state index in [-0.39, 0.29) is 24.7 Å². The Hall–Kier alpha value is -2.52. The maximum atomic E-state index is 13.1. The second-order valence-corrected chi connectivity index (χ2v) is 14.0. The number of thiophene rings is 1. The van der Waals surface area contributed by atoms with Crippen LogP contribution in [0.4, 0.5) is 0 Å². The van der Waals surface area contributed by atoms with Crippen LogP contribution in [0.25, 0.3) is 10.1 Å². The third kappa shape index (κ3) is 6.68. The molecule has 0 amide bonds. The Balaban J connectivity index is 1.68. The second kappa shape index (κ2) is 13.9. The predicted octanol–water partition coefficient (Wildman–Crippen LogP) is 5.71. The van der Waals surface area contributed by atoms with Gasteiger partial charge in [0.05, 0.1) is 13.2 Å². The van der Waals surface area contributed by atoms with Crippen LogP contribution < -0.4 is 0 Å². The molecule has 40 heavy (non-hydrogen) atoms. The van der Waals surface area contributed by atoms with Gasteiger partial charge in [-0.2, -0.15) is 9.34 Å². The average molecular weight is 592 g/mol. The highest BCUT2D eigenvalue weighted by Gasteiger charge is 2.56. The molecule has 0 saturated carbocycles. The smallest absolute Gasteiger partial charge is 0.378 e. The molecule has 2 aliphatic heterocycles. The van der Waals surface area contributed by atoms with E-state index >= 15 is 0 Å². The number of fused-ring (bicyclic) bond motifs is 1. The van der Waals surface area contributed by atoms with Crippen molar-refractivity contribution in [3.8, 4) is 0 Å². The van der Waals surface area contributed by atoms with Crippen LogP contribution in [0.3, 0.4) is 0 Å². The summed E-state index contributed by atoms with van der Waals surface area (Å²) in [7, 11) is -3.21. The van der Waals surface area contributed by atoms with Gasteiger partial charge in [0.25, 0.3) is 0 Å². The highest BCUT2D eigenvalue weighted by molar-refractivity contribution is 7.58. The van der Waals surface area contributed by atoms with Gasteiger partial charge in [-0.1, -0.05) is 32.6 Å². The number of ether oxygens (including phenoxy) is 3. The van der Waals surface area contributed by atoms with Crippen LogP contribution in [0.1, 0.15) is 67.6 Å². The first kappa shape index (κ1) is 30.4. The molecule has 2 atom stereocenters. The third-order valence-electron chi connectivity index (χ3n) is 7.22. The maximum Gasteiger partial charge on any atom is 0.378 e. The normalized spacial score (nSPS) is 20.1. The summed E-state index contributed by atoms with van der Waals surface area (Å²) >= 11 is 1.35. The lowest BCUT2D eigenvalue weighted by atomic mass is 10.2. The minimum atomic E-state index is -3.21. The molecule has 1 N–H and O–H groups in total. The van der Waals surface area contributed by atoms with Crippen molar-refractivity contribution in [1.82, 2.24) is 9.34 Å². The quantitative estimate of drug-likeness (QED) is 0.0958. The van der Waals surface area contributed by atoms with Crippen molar-refractivity contribution in [1.29, 1.82) is 0 Å². The molecule has 11 heteroatoms. The van der Waals surface area contributed by atoms with Crippen molar-refractivity contribution in [2.75, 3.05) is 32.9 Å². The number of nitrogens with zero attached hydrogens (tertiary/aromatic N) is 2. The molecule has 9 nitrogen and oxygen atoms in total. The zero-order valence-electron chi connectivity index (χ0n) is 23.4. The molecule has 218 valence electrons. The molecule has 0 unspecified atom stereocenters.